The van der Waals surface area contributed by atoms with Crippen molar-refractivity contribution in [3.05, 3.63) is 53.1 Å². The third kappa shape index (κ3) is 4.75. The molecule has 3 aliphatic rings. The number of carbonyl (C=O) groups excluding carboxylic acids is 3. The molecule has 0 atom stereocenters. The Bertz CT molecular complexity index is 1050. The molecule has 32 heavy (non-hydrogen) atoms. The first kappa shape index (κ1) is 22.2. The van der Waals surface area contributed by atoms with Crippen LogP contribution in [0, 0.1) is 11.2 Å². The summed E-state index contributed by atoms with van der Waals surface area (Å²) in [5.41, 5.74) is -0.0228. The monoisotopic (exact) mass is 460 g/mol. The van der Waals surface area contributed by atoms with Crippen molar-refractivity contribution in [3.63, 3.8) is 0 Å². The summed E-state index contributed by atoms with van der Waals surface area (Å²) in [6.45, 7) is 1.14. The van der Waals surface area contributed by atoms with Crippen molar-refractivity contribution in [1.82, 2.24) is 10.3 Å². The van der Waals surface area contributed by atoms with Gasteiger partial charge in [-0.05, 0) is 48.9 Å². The van der Waals surface area contributed by atoms with Gasteiger partial charge in [0.2, 0.25) is 0 Å². The van der Waals surface area contributed by atoms with E-state index in [1.54, 1.807) is 12.1 Å². The van der Waals surface area contributed by atoms with Gasteiger partial charge in [-0.25, -0.2) is 9.37 Å². The summed E-state index contributed by atoms with van der Waals surface area (Å²) >= 11 is 5.63. The van der Waals surface area contributed by atoms with Gasteiger partial charge in [-0.15, -0.1) is 0 Å². The number of nitrogens with zero attached hydrogens (tertiary/aromatic N) is 1. The molecule has 0 aliphatic heterocycles. The van der Waals surface area contributed by atoms with E-state index < -0.39 is 5.82 Å². The van der Waals surface area contributed by atoms with Crippen LogP contribution in [0.25, 0.3) is 0 Å². The Kier molecular flexibility index (Phi) is 5.90. The maximum Gasteiger partial charge on any atom is 0.258 e. The Balaban J connectivity index is 1.16. The van der Waals surface area contributed by atoms with Crippen LogP contribution in [-0.4, -0.2) is 41.2 Å². The van der Waals surface area contributed by atoms with Gasteiger partial charge in [0.15, 0.2) is 18.2 Å². The lowest BCUT2D eigenvalue weighted by molar-refractivity contribution is -0.173. The van der Waals surface area contributed by atoms with Crippen molar-refractivity contribution in [2.75, 3.05) is 13.2 Å². The minimum absolute atomic E-state index is 0.00200. The smallest absolute Gasteiger partial charge is 0.258 e. The summed E-state index contributed by atoms with van der Waals surface area (Å²) in [7, 11) is 0. The molecular weight excluding hydrogens is 439 g/mol. The highest BCUT2D eigenvalue weighted by Gasteiger charge is 2.68. The fourth-order valence-electron chi connectivity index (χ4n) is 4.67. The molecule has 0 spiro atoms. The highest BCUT2D eigenvalue weighted by molar-refractivity contribution is 6.30. The van der Waals surface area contributed by atoms with Crippen LogP contribution in [-0.2, 0) is 9.59 Å². The van der Waals surface area contributed by atoms with Crippen LogP contribution in [0.15, 0.2) is 36.5 Å². The van der Waals surface area contributed by atoms with Crippen molar-refractivity contribution in [2.45, 2.75) is 38.1 Å². The molecule has 0 unspecified atom stereocenters. The van der Waals surface area contributed by atoms with Gasteiger partial charge in [0, 0.05) is 24.9 Å². The van der Waals surface area contributed by atoms with E-state index in [1.807, 2.05) is 0 Å². The van der Waals surface area contributed by atoms with E-state index >= 15 is 0 Å². The predicted molar refractivity (Wildman–Crippen MR) is 113 cm³/mol. The first-order valence-corrected chi connectivity index (χ1v) is 10.6. The largest absolute Gasteiger partial charge is 0.486 e. The van der Waals surface area contributed by atoms with Crippen molar-refractivity contribution in [1.29, 1.82) is 0 Å². The molecule has 3 fully saturated rings. The molecular formula is C23H22ClFN2O5. The molecule has 168 valence electrons. The number of rotatable bonds is 10. The average Bonchev–Trinajstić information content (AvgIpc) is 2.71. The number of hydrogen-bond acceptors (Lipinski definition) is 6. The minimum Gasteiger partial charge on any atom is -0.486 e. The van der Waals surface area contributed by atoms with E-state index in [9.17, 15) is 18.8 Å². The number of halogens is 2. The Morgan fingerprint density at radius 1 is 1.09 bits per heavy atom. The van der Waals surface area contributed by atoms with Gasteiger partial charge in [-0.2, -0.15) is 0 Å². The van der Waals surface area contributed by atoms with Gasteiger partial charge in [0.1, 0.15) is 29.6 Å². The predicted octanol–water partition coefficient (Wildman–Crippen LogP) is 3.53. The summed E-state index contributed by atoms with van der Waals surface area (Å²) in [5, 5.41) is 2.99. The second kappa shape index (κ2) is 8.50. The normalized spacial score (nSPS) is 22.8. The zero-order chi connectivity index (χ0) is 22.9. The number of benzene rings is 1. The molecule has 1 heterocycles. The molecule has 1 N–H and O–H groups in total. The lowest BCUT2D eigenvalue weighted by Crippen LogP contribution is -2.75. The third-order valence-corrected chi connectivity index (χ3v) is 6.18. The second-order valence-electron chi connectivity index (χ2n) is 8.66. The molecule has 0 radical (unpaired) electrons. The van der Waals surface area contributed by atoms with Crippen molar-refractivity contribution >= 4 is 29.1 Å². The van der Waals surface area contributed by atoms with E-state index in [0.717, 1.165) is 25.3 Å². The average molecular weight is 461 g/mol. The van der Waals surface area contributed by atoms with Crippen LogP contribution in [0.2, 0.25) is 5.02 Å². The van der Waals surface area contributed by atoms with Crippen molar-refractivity contribution in [2.24, 2.45) is 5.41 Å². The third-order valence-electron chi connectivity index (χ3n) is 5.87. The number of carbonyl (C=O) groups is 3. The van der Waals surface area contributed by atoms with E-state index in [0.29, 0.717) is 17.9 Å². The number of hydrogen-bond donors (Lipinski definition) is 1. The van der Waals surface area contributed by atoms with E-state index in [2.05, 4.69) is 10.3 Å². The fourth-order valence-corrected chi connectivity index (χ4v) is 4.79. The van der Waals surface area contributed by atoms with Crippen LogP contribution >= 0.6 is 11.6 Å². The van der Waals surface area contributed by atoms with Gasteiger partial charge in [0.25, 0.3) is 5.91 Å². The number of Topliss-reactive ketones (excluding diaryl/α,β-unsaturated/α-hetero) is 2. The topological polar surface area (TPSA) is 94.6 Å². The lowest BCUT2D eigenvalue weighted by atomic mass is 9.38. The van der Waals surface area contributed by atoms with Crippen LogP contribution in [0.3, 0.4) is 0 Å². The molecule has 1 amide bonds. The summed E-state index contributed by atoms with van der Waals surface area (Å²) in [5.74, 6) is -0.380. The Morgan fingerprint density at radius 3 is 2.41 bits per heavy atom. The lowest BCUT2D eigenvalue weighted by Gasteiger charge is -2.70. The number of amides is 1. The minimum atomic E-state index is -0.595. The Morgan fingerprint density at radius 2 is 1.78 bits per heavy atom. The fraction of sp³-hybridized carbons (Fsp3) is 0.391. The Labute approximate surface area is 189 Å². The molecule has 3 saturated carbocycles. The maximum absolute atomic E-state index is 13.4. The van der Waals surface area contributed by atoms with Crippen LogP contribution in [0.4, 0.5) is 4.39 Å². The second-order valence-corrected chi connectivity index (χ2v) is 9.07. The van der Waals surface area contributed by atoms with Gasteiger partial charge in [-0.1, -0.05) is 11.6 Å². The van der Waals surface area contributed by atoms with Gasteiger partial charge < -0.3 is 14.8 Å². The molecule has 2 bridgehead atoms. The molecule has 9 heteroatoms. The number of nitrogens with one attached hydrogen (secondary N) is 1. The highest BCUT2D eigenvalue weighted by Crippen LogP contribution is 2.68. The van der Waals surface area contributed by atoms with E-state index in [4.69, 9.17) is 21.1 Å². The highest BCUT2D eigenvalue weighted by atomic mass is 35.5. The first-order valence-electron chi connectivity index (χ1n) is 10.2. The molecule has 1 aromatic heterocycles. The molecule has 7 nitrogen and oxygen atoms in total. The van der Waals surface area contributed by atoms with Crippen LogP contribution in [0.1, 0.15) is 43.1 Å². The summed E-state index contributed by atoms with van der Waals surface area (Å²) < 4.78 is 24.2. The SMILES string of the molecule is CC(=O)c1ccc(OCC(=O)NC23CC(CC(=O)COc4ccc(Cl)c(F)c4)(C2)C3)cn1. The van der Waals surface area contributed by atoms with E-state index in [-0.39, 0.29) is 52.4 Å². The number of ether oxygens (including phenoxy) is 2. The first-order chi connectivity index (χ1) is 15.2. The van der Waals surface area contributed by atoms with E-state index in [1.165, 1.54) is 25.3 Å². The zero-order valence-corrected chi connectivity index (χ0v) is 18.2. The maximum atomic E-state index is 13.4. The number of aromatic nitrogens is 1. The van der Waals surface area contributed by atoms with Crippen LogP contribution < -0.4 is 14.8 Å². The van der Waals surface area contributed by atoms with Gasteiger partial charge in [0.05, 0.1) is 11.2 Å². The van der Waals surface area contributed by atoms with Crippen LogP contribution in [0.5, 0.6) is 11.5 Å². The molecule has 2 aromatic rings. The Hall–Kier alpha value is -3.00. The zero-order valence-electron chi connectivity index (χ0n) is 17.5. The molecule has 5 rings (SSSR count). The standard InChI is InChI=1S/C23H22ClFN2O5/c1-14(28)20-5-3-17(8-26-20)32-10-21(30)27-23-11-22(12-23,13-23)7-15(29)9-31-16-2-4-18(24)19(25)6-16/h2-6,8H,7,9-13H2,1H3,(H,27,30). The molecule has 0 saturated heterocycles. The van der Waals surface area contributed by atoms with Gasteiger partial charge in [-0.3, -0.25) is 14.4 Å². The molecule has 1 aromatic carbocycles. The summed E-state index contributed by atoms with van der Waals surface area (Å²) in [6.07, 6.45) is 3.99. The summed E-state index contributed by atoms with van der Waals surface area (Å²) in [4.78, 5) is 39.7. The number of ketones is 2. The molecule has 3 aliphatic carbocycles. The quantitative estimate of drug-likeness (QED) is 0.545. The number of pyridine rings is 1. The van der Waals surface area contributed by atoms with Crippen molar-refractivity contribution in [3.8, 4) is 11.5 Å². The van der Waals surface area contributed by atoms with Gasteiger partial charge >= 0.3 is 0 Å². The summed E-state index contributed by atoms with van der Waals surface area (Å²) in [6, 6.07) is 7.19. The van der Waals surface area contributed by atoms with Crippen molar-refractivity contribution < 1.29 is 28.2 Å².